The van der Waals surface area contributed by atoms with Crippen LogP contribution in [0.25, 0.3) is 0 Å². The van der Waals surface area contributed by atoms with E-state index in [0.29, 0.717) is 17.2 Å². The molecule has 0 bridgehead atoms. The first-order valence-corrected chi connectivity index (χ1v) is 9.53. The molecule has 1 amide bonds. The number of nitrogens with one attached hydrogen (secondary N) is 1. The van der Waals surface area contributed by atoms with Crippen LogP contribution >= 0.6 is 11.3 Å². The van der Waals surface area contributed by atoms with Gasteiger partial charge in [0.15, 0.2) is 0 Å². The van der Waals surface area contributed by atoms with Crippen LogP contribution in [0.4, 0.5) is 0 Å². The molecule has 132 valence electrons. The smallest absolute Gasteiger partial charge is 0.270 e. The molecule has 1 aliphatic carbocycles. The van der Waals surface area contributed by atoms with Gasteiger partial charge in [-0.2, -0.15) is 0 Å². The number of thiazole rings is 1. The van der Waals surface area contributed by atoms with Crippen LogP contribution in [0.2, 0.25) is 0 Å². The van der Waals surface area contributed by atoms with Crippen molar-refractivity contribution in [2.45, 2.75) is 31.8 Å². The monoisotopic (exact) mass is 358 g/mol. The summed E-state index contributed by atoms with van der Waals surface area (Å²) in [5, 5.41) is 3.18. The van der Waals surface area contributed by atoms with Crippen LogP contribution in [0.15, 0.2) is 34.6 Å². The second-order valence-corrected chi connectivity index (χ2v) is 8.12. The second kappa shape index (κ2) is 6.38. The highest BCUT2D eigenvalue weighted by Crippen LogP contribution is 2.56. The standard InChI is InChI=1S/C18H22N4O2S/c1-21(12-16-19-7-10-25-16)14-11-18(14)5-8-22(9-6-18)17(24)13-3-2-4-15(23)20-13/h2-4,7,10,14H,5-6,8-9,11-12H2,1H3,(H,20,23)/t14-/m0/s1. The number of pyridine rings is 1. The van der Waals surface area contributed by atoms with E-state index in [9.17, 15) is 9.59 Å². The highest BCUT2D eigenvalue weighted by molar-refractivity contribution is 7.09. The number of hydrogen-bond donors (Lipinski definition) is 1. The minimum Gasteiger partial charge on any atom is -0.337 e. The lowest BCUT2D eigenvalue weighted by Crippen LogP contribution is -2.41. The van der Waals surface area contributed by atoms with E-state index in [1.165, 1.54) is 12.5 Å². The SMILES string of the molecule is CN(Cc1nccs1)[C@H]1CC12CCN(C(=O)c1cccc(=O)[nH]1)CC2. The Hall–Kier alpha value is -1.99. The van der Waals surface area contributed by atoms with Gasteiger partial charge >= 0.3 is 0 Å². The van der Waals surface area contributed by atoms with Gasteiger partial charge in [0.2, 0.25) is 5.56 Å². The van der Waals surface area contributed by atoms with Crippen LogP contribution in [0, 0.1) is 5.41 Å². The highest BCUT2D eigenvalue weighted by atomic mass is 32.1. The molecule has 6 nitrogen and oxygen atoms in total. The Bertz CT molecular complexity index is 808. The van der Waals surface area contributed by atoms with Crippen LogP contribution in [0.1, 0.15) is 34.8 Å². The molecule has 1 saturated carbocycles. The largest absolute Gasteiger partial charge is 0.337 e. The quantitative estimate of drug-likeness (QED) is 0.907. The van der Waals surface area contributed by atoms with Crippen LogP contribution in [0.5, 0.6) is 0 Å². The summed E-state index contributed by atoms with van der Waals surface area (Å²) in [6.07, 6.45) is 5.12. The number of hydrogen-bond acceptors (Lipinski definition) is 5. The number of amides is 1. The predicted molar refractivity (Wildman–Crippen MR) is 96.6 cm³/mol. The molecule has 3 heterocycles. The van der Waals surface area contributed by atoms with Gasteiger partial charge in [0.25, 0.3) is 5.91 Å². The van der Waals surface area contributed by atoms with E-state index < -0.39 is 0 Å². The summed E-state index contributed by atoms with van der Waals surface area (Å²) in [6.45, 7) is 2.42. The summed E-state index contributed by atoms with van der Waals surface area (Å²) in [7, 11) is 2.17. The number of carbonyl (C=O) groups is 1. The van der Waals surface area contributed by atoms with E-state index in [0.717, 1.165) is 37.5 Å². The molecule has 1 saturated heterocycles. The lowest BCUT2D eigenvalue weighted by atomic mass is 9.92. The van der Waals surface area contributed by atoms with Crippen molar-refractivity contribution in [3.8, 4) is 0 Å². The molecule has 1 spiro atoms. The fourth-order valence-electron chi connectivity index (χ4n) is 4.04. The molecule has 0 aromatic carbocycles. The minimum atomic E-state index is -0.231. The Morgan fingerprint density at radius 2 is 2.24 bits per heavy atom. The number of H-pyrrole nitrogens is 1. The zero-order chi connectivity index (χ0) is 17.4. The van der Waals surface area contributed by atoms with Gasteiger partial charge in [0.05, 0.1) is 6.54 Å². The van der Waals surface area contributed by atoms with Crippen LogP contribution in [0.3, 0.4) is 0 Å². The molecule has 25 heavy (non-hydrogen) atoms. The zero-order valence-electron chi connectivity index (χ0n) is 14.3. The molecule has 7 heteroatoms. The Balaban J connectivity index is 1.34. The van der Waals surface area contributed by atoms with Gasteiger partial charge in [-0.05, 0) is 37.8 Å². The maximum absolute atomic E-state index is 12.5. The maximum atomic E-state index is 12.5. The molecular weight excluding hydrogens is 336 g/mol. The Morgan fingerprint density at radius 3 is 2.92 bits per heavy atom. The van der Waals surface area contributed by atoms with Crippen molar-refractivity contribution in [2.75, 3.05) is 20.1 Å². The second-order valence-electron chi connectivity index (χ2n) is 7.14. The molecule has 1 aliphatic heterocycles. The molecule has 1 N–H and O–H groups in total. The lowest BCUT2D eigenvalue weighted by molar-refractivity contribution is 0.0651. The third kappa shape index (κ3) is 3.26. The van der Waals surface area contributed by atoms with E-state index in [1.54, 1.807) is 23.5 Å². The first-order valence-electron chi connectivity index (χ1n) is 8.65. The van der Waals surface area contributed by atoms with E-state index in [1.807, 2.05) is 16.5 Å². The third-order valence-corrected chi connectivity index (χ3v) is 6.36. The van der Waals surface area contributed by atoms with Crippen molar-refractivity contribution in [3.05, 3.63) is 50.8 Å². The predicted octanol–water partition coefficient (Wildman–Crippen LogP) is 1.96. The van der Waals surface area contributed by atoms with Gasteiger partial charge in [0, 0.05) is 36.8 Å². The van der Waals surface area contributed by atoms with Gasteiger partial charge < -0.3 is 9.88 Å². The maximum Gasteiger partial charge on any atom is 0.270 e. The molecular formula is C18H22N4O2S. The van der Waals surface area contributed by atoms with Gasteiger partial charge in [-0.15, -0.1) is 11.3 Å². The summed E-state index contributed by atoms with van der Waals surface area (Å²) >= 11 is 1.70. The Labute approximate surface area is 150 Å². The number of rotatable bonds is 4. The van der Waals surface area contributed by atoms with Crippen molar-refractivity contribution in [1.82, 2.24) is 19.8 Å². The lowest BCUT2D eigenvalue weighted by Gasteiger charge is -2.34. The molecule has 0 unspecified atom stereocenters. The molecule has 2 aromatic heterocycles. The van der Waals surface area contributed by atoms with Crippen molar-refractivity contribution in [3.63, 3.8) is 0 Å². The number of likely N-dealkylation sites (tertiary alicyclic amines) is 1. The molecule has 2 fully saturated rings. The van der Waals surface area contributed by atoms with Gasteiger partial charge in [-0.1, -0.05) is 6.07 Å². The molecule has 0 radical (unpaired) electrons. The summed E-state index contributed by atoms with van der Waals surface area (Å²) in [5.74, 6) is -0.0686. The summed E-state index contributed by atoms with van der Waals surface area (Å²) in [6, 6.07) is 5.32. The number of nitrogens with zero attached hydrogens (tertiary/aromatic N) is 3. The topological polar surface area (TPSA) is 69.3 Å². The summed E-state index contributed by atoms with van der Waals surface area (Å²) in [5.41, 5.74) is 0.509. The van der Waals surface area contributed by atoms with Gasteiger partial charge in [-0.25, -0.2) is 4.98 Å². The summed E-state index contributed by atoms with van der Waals surface area (Å²) < 4.78 is 0. The Kier molecular flexibility index (Phi) is 4.21. The van der Waals surface area contributed by atoms with E-state index in [2.05, 4.69) is 21.9 Å². The van der Waals surface area contributed by atoms with Crippen LogP contribution < -0.4 is 5.56 Å². The van der Waals surface area contributed by atoms with Crippen molar-refractivity contribution < 1.29 is 4.79 Å². The average molecular weight is 358 g/mol. The van der Waals surface area contributed by atoms with E-state index >= 15 is 0 Å². The Morgan fingerprint density at radius 1 is 1.44 bits per heavy atom. The molecule has 2 aliphatic rings. The van der Waals surface area contributed by atoms with E-state index in [-0.39, 0.29) is 11.5 Å². The van der Waals surface area contributed by atoms with Crippen LogP contribution in [-0.2, 0) is 6.54 Å². The number of aromatic nitrogens is 2. The first kappa shape index (κ1) is 16.5. The molecule has 1 atom stereocenters. The highest BCUT2D eigenvalue weighted by Gasteiger charge is 2.56. The number of aromatic amines is 1. The fraction of sp³-hybridized carbons (Fsp3) is 0.500. The van der Waals surface area contributed by atoms with Crippen molar-refractivity contribution in [1.29, 1.82) is 0 Å². The van der Waals surface area contributed by atoms with Gasteiger partial charge in [-0.3, -0.25) is 14.5 Å². The van der Waals surface area contributed by atoms with Crippen LogP contribution in [-0.4, -0.2) is 51.9 Å². The normalized spacial score (nSPS) is 21.7. The number of piperidine rings is 1. The van der Waals surface area contributed by atoms with Crippen molar-refractivity contribution in [2.24, 2.45) is 5.41 Å². The van der Waals surface area contributed by atoms with Crippen molar-refractivity contribution >= 4 is 17.2 Å². The van der Waals surface area contributed by atoms with E-state index in [4.69, 9.17) is 0 Å². The average Bonchev–Trinajstić information content (AvgIpc) is 3.06. The first-order chi connectivity index (χ1) is 12.1. The zero-order valence-corrected chi connectivity index (χ0v) is 15.1. The number of carbonyl (C=O) groups excluding carboxylic acids is 1. The minimum absolute atomic E-state index is 0.0686. The molecule has 2 aromatic rings. The third-order valence-electron chi connectivity index (χ3n) is 5.59. The molecule has 4 rings (SSSR count). The summed E-state index contributed by atoms with van der Waals surface area (Å²) in [4.78, 5) is 35.2. The van der Waals surface area contributed by atoms with Gasteiger partial charge in [0.1, 0.15) is 10.7 Å². The fourth-order valence-corrected chi connectivity index (χ4v) is 4.72.